The Hall–Kier alpha value is -0.640. The Morgan fingerprint density at radius 2 is 2.40 bits per heavy atom. The second kappa shape index (κ2) is 4.22. The highest BCUT2D eigenvalue weighted by molar-refractivity contribution is 7.43. The van der Waals surface area contributed by atoms with Gasteiger partial charge in [-0.3, -0.25) is 0 Å². The van der Waals surface area contributed by atoms with Crippen LogP contribution in [0.2, 0.25) is 0 Å². The third kappa shape index (κ3) is 3.40. The van der Waals surface area contributed by atoms with Gasteiger partial charge in [0.1, 0.15) is 0 Å². The second-order valence-electron chi connectivity index (χ2n) is 2.04. The van der Waals surface area contributed by atoms with Crippen LogP contribution in [0.15, 0.2) is 11.4 Å². The minimum Gasteiger partial charge on any atom is -0.156 e. The van der Waals surface area contributed by atoms with E-state index >= 15 is 0 Å². The van der Waals surface area contributed by atoms with E-state index in [1.807, 2.05) is 0 Å². The summed E-state index contributed by atoms with van der Waals surface area (Å²) in [6.45, 7) is 3.38. The number of hydrogen-bond donors (Lipinski definition) is 1. The van der Waals surface area contributed by atoms with Crippen molar-refractivity contribution in [3.05, 3.63) is 11.4 Å². The fourth-order valence-electron chi connectivity index (χ4n) is 0.474. The molecule has 3 heteroatoms. The van der Waals surface area contributed by atoms with Crippen molar-refractivity contribution in [1.29, 1.82) is 0 Å². The summed E-state index contributed by atoms with van der Waals surface area (Å²) in [7, 11) is -2.18. The van der Waals surface area contributed by atoms with Crippen LogP contribution in [0.4, 0.5) is 0 Å². The van der Waals surface area contributed by atoms with Gasteiger partial charge in [0.25, 0.3) is 0 Å². The van der Waals surface area contributed by atoms with Crippen molar-refractivity contribution in [3.63, 3.8) is 0 Å². The summed E-state index contributed by atoms with van der Waals surface area (Å²) >= 11 is 0. The molecule has 54 valence electrons. The molecule has 10 heavy (non-hydrogen) atoms. The molecule has 0 bridgehead atoms. The molecule has 2 unspecified atom stereocenters. The zero-order valence-corrected chi connectivity index (χ0v) is 6.93. The monoisotopic (exact) mass is 157 g/mol. The van der Waals surface area contributed by atoms with Crippen molar-refractivity contribution < 1.29 is 9.46 Å². The molecule has 0 amide bonds. The van der Waals surface area contributed by atoms with E-state index in [1.165, 1.54) is 0 Å². The lowest BCUT2D eigenvalue weighted by atomic mass is 10.2. The molecular formula is C7H10O2P+. The third-order valence-electron chi connectivity index (χ3n) is 1.06. The van der Waals surface area contributed by atoms with Crippen LogP contribution in [0.25, 0.3) is 0 Å². The highest BCUT2D eigenvalue weighted by atomic mass is 31.1. The third-order valence-corrected chi connectivity index (χ3v) is 1.81. The highest BCUT2D eigenvalue weighted by Gasteiger charge is 2.14. The maximum absolute atomic E-state index is 10.4. The Balaban J connectivity index is 4.20. The first-order valence-electron chi connectivity index (χ1n) is 2.88. The van der Waals surface area contributed by atoms with Gasteiger partial charge >= 0.3 is 8.03 Å². The Kier molecular flexibility index (Phi) is 3.95. The molecule has 2 nitrogen and oxygen atoms in total. The number of rotatable bonds is 2. The minimum atomic E-state index is -2.18. The van der Waals surface area contributed by atoms with E-state index in [4.69, 9.17) is 11.3 Å². The van der Waals surface area contributed by atoms with Crippen molar-refractivity contribution in [2.45, 2.75) is 13.8 Å². The quantitative estimate of drug-likeness (QED) is 0.491. The fourth-order valence-corrected chi connectivity index (χ4v) is 0.825. The summed E-state index contributed by atoms with van der Waals surface area (Å²) in [6.07, 6.45) is 6.66. The molecule has 0 aromatic rings. The molecular weight excluding hydrogens is 147 g/mol. The molecule has 0 radical (unpaired) electrons. The Bertz CT molecular complexity index is 200. The molecule has 0 aromatic heterocycles. The lowest BCUT2D eigenvalue weighted by Crippen LogP contribution is -1.82. The van der Waals surface area contributed by atoms with Crippen molar-refractivity contribution in [2.75, 3.05) is 0 Å². The lowest BCUT2D eigenvalue weighted by Gasteiger charge is -1.88. The Labute approximate surface area is 61.8 Å². The molecule has 0 aromatic carbocycles. The van der Waals surface area contributed by atoms with Gasteiger partial charge in [-0.2, -0.15) is 4.89 Å². The summed E-state index contributed by atoms with van der Waals surface area (Å²) in [6, 6.07) is 0. The molecule has 0 aliphatic rings. The van der Waals surface area contributed by atoms with E-state index in [1.54, 1.807) is 19.9 Å². The van der Waals surface area contributed by atoms with E-state index in [-0.39, 0.29) is 5.92 Å². The van der Waals surface area contributed by atoms with E-state index in [9.17, 15) is 4.57 Å². The molecule has 0 saturated heterocycles. The van der Waals surface area contributed by atoms with E-state index < -0.39 is 8.03 Å². The summed E-state index contributed by atoms with van der Waals surface area (Å²) in [4.78, 5) is 8.54. The molecule has 0 rings (SSSR count). The predicted octanol–water partition coefficient (Wildman–Crippen LogP) is 1.89. The summed E-state index contributed by atoms with van der Waals surface area (Å²) in [5.41, 5.74) is 0. The van der Waals surface area contributed by atoms with Crippen LogP contribution < -0.4 is 0 Å². The van der Waals surface area contributed by atoms with Crippen LogP contribution in [0.1, 0.15) is 13.8 Å². The first kappa shape index (κ1) is 9.36. The summed E-state index contributed by atoms with van der Waals surface area (Å²) in [5, 5.41) is 0.445. The minimum absolute atomic E-state index is 0.0638. The normalized spacial score (nSPS) is 15.8. The molecule has 0 fully saturated rings. The van der Waals surface area contributed by atoms with Crippen LogP contribution in [-0.4, -0.2) is 4.89 Å². The lowest BCUT2D eigenvalue weighted by molar-refractivity contribution is 0.509. The second-order valence-corrected chi connectivity index (χ2v) is 3.29. The smallest absolute Gasteiger partial charge is 0.156 e. The van der Waals surface area contributed by atoms with Crippen molar-refractivity contribution >= 4 is 8.03 Å². The zero-order chi connectivity index (χ0) is 8.15. The number of allylic oxidation sites excluding steroid dienone is 2. The highest BCUT2D eigenvalue weighted by Crippen LogP contribution is 2.26. The van der Waals surface area contributed by atoms with Gasteiger partial charge in [-0.25, -0.2) is 0 Å². The SMILES string of the molecule is C#CC(C)/C=C(\C)[P+](=O)O. The maximum Gasteiger partial charge on any atom is 0.540 e. The van der Waals surface area contributed by atoms with Gasteiger partial charge in [-0.1, -0.05) is 5.92 Å². The van der Waals surface area contributed by atoms with Gasteiger partial charge in [0.05, 0.1) is 0 Å². The van der Waals surface area contributed by atoms with Gasteiger partial charge in [0, 0.05) is 12.8 Å². The molecule has 0 spiro atoms. The van der Waals surface area contributed by atoms with Gasteiger partial charge < -0.3 is 0 Å². The van der Waals surface area contributed by atoms with Crippen LogP contribution in [0.3, 0.4) is 0 Å². The average Bonchev–Trinajstić information content (AvgIpc) is 1.87. The summed E-state index contributed by atoms with van der Waals surface area (Å²) < 4.78 is 10.4. The van der Waals surface area contributed by atoms with Crippen molar-refractivity contribution in [1.82, 2.24) is 0 Å². The van der Waals surface area contributed by atoms with Crippen molar-refractivity contribution in [3.8, 4) is 12.3 Å². The van der Waals surface area contributed by atoms with Gasteiger partial charge in [-0.05, 0) is 17.6 Å². The Morgan fingerprint density at radius 1 is 1.90 bits per heavy atom. The molecule has 1 N–H and O–H groups in total. The first-order chi connectivity index (χ1) is 4.57. The molecule has 0 saturated carbocycles. The topological polar surface area (TPSA) is 37.3 Å². The van der Waals surface area contributed by atoms with Crippen LogP contribution in [-0.2, 0) is 4.57 Å². The Morgan fingerprint density at radius 3 is 2.70 bits per heavy atom. The number of hydrogen-bond acceptors (Lipinski definition) is 1. The zero-order valence-electron chi connectivity index (χ0n) is 6.03. The standard InChI is InChI=1S/C7H9O2P/c1-4-6(2)5-7(3)10(8)9/h1,5-6H,2-3H3/p+1/b7-5+. The molecule has 0 heterocycles. The van der Waals surface area contributed by atoms with Gasteiger partial charge in [0.2, 0.25) is 0 Å². The fraction of sp³-hybridized carbons (Fsp3) is 0.429. The van der Waals surface area contributed by atoms with Crippen LogP contribution >= 0.6 is 8.03 Å². The van der Waals surface area contributed by atoms with Crippen molar-refractivity contribution in [2.24, 2.45) is 5.92 Å². The van der Waals surface area contributed by atoms with Gasteiger partial charge in [-0.15, -0.1) is 6.42 Å². The first-order valence-corrected chi connectivity index (χ1v) is 4.10. The van der Waals surface area contributed by atoms with E-state index in [2.05, 4.69) is 5.92 Å². The predicted molar refractivity (Wildman–Crippen MR) is 41.6 cm³/mol. The van der Waals surface area contributed by atoms with Crippen LogP contribution in [0.5, 0.6) is 0 Å². The average molecular weight is 157 g/mol. The molecule has 0 aliphatic carbocycles. The summed E-state index contributed by atoms with van der Waals surface area (Å²) in [5.74, 6) is 2.37. The molecule has 2 atom stereocenters. The number of terminal acetylenes is 1. The largest absolute Gasteiger partial charge is 0.540 e. The molecule has 0 aliphatic heterocycles. The maximum atomic E-state index is 10.4. The van der Waals surface area contributed by atoms with E-state index in [0.29, 0.717) is 5.31 Å². The van der Waals surface area contributed by atoms with Crippen LogP contribution in [0, 0.1) is 18.3 Å². The van der Waals surface area contributed by atoms with Gasteiger partial charge in [0.15, 0.2) is 5.31 Å². The van der Waals surface area contributed by atoms with E-state index in [0.717, 1.165) is 0 Å².